The maximum atomic E-state index is 13.0. The number of sulfonamides is 1. The van der Waals surface area contributed by atoms with Crippen molar-refractivity contribution in [2.24, 2.45) is 0 Å². The highest BCUT2D eigenvalue weighted by molar-refractivity contribution is 7.92. The highest BCUT2D eigenvalue weighted by atomic mass is 35.5. The number of carbonyl (C=O) groups is 1. The van der Waals surface area contributed by atoms with Crippen LogP contribution in [0.3, 0.4) is 0 Å². The molecular formula is C26H25Cl2N7O3S. The van der Waals surface area contributed by atoms with Gasteiger partial charge < -0.3 is 5.73 Å². The van der Waals surface area contributed by atoms with E-state index < -0.39 is 15.9 Å². The number of anilines is 3. The Bertz CT molecular complexity index is 1540. The number of aromatic amines is 1. The van der Waals surface area contributed by atoms with E-state index in [1.165, 1.54) is 10.4 Å². The van der Waals surface area contributed by atoms with Gasteiger partial charge in [-0.15, -0.1) is 5.10 Å². The van der Waals surface area contributed by atoms with Gasteiger partial charge in [0.15, 0.2) is 0 Å². The summed E-state index contributed by atoms with van der Waals surface area (Å²) in [5.74, 6) is -0.400. The lowest BCUT2D eigenvalue weighted by molar-refractivity contribution is 0.102. The Labute approximate surface area is 235 Å². The fraction of sp³-hybridized carbons (Fsp3) is 0.192. The van der Waals surface area contributed by atoms with Gasteiger partial charge in [0.1, 0.15) is 0 Å². The summed E-state index contributed by atoms with van der Waals surface area (Å²) in [4.78, 5) is 18.8. The third-order valence-corrected chi connectivity index (χ3v) is 8.14. The molecule has 0 unspecified atom stereocenters. The molecule has 1 saturated heterocycles. The molecule has 39 heavy (non-hydrogen) atoms. The Balaban J connectivity index is 1.39. The number of rotatable bonds is 8. The van der Waals surface area contributed by atoms with Crippen molar-refractivity contribution in [2.75, 3.05) is 34.7 Å². The van der Waals surface area contributed by atoms with Crippen molar-refractivity contribution in [3.8, 4) is 0 Å². The fourth-order valence-electron chi connectivity index (χ4n) is 4.72. The lowest BCUT2D eigenvalue weighted by Crippen LogP contribution is -2.61. The standard InChI is InChI=1S/C26H25Cl2N7O3S/c1-39(37,38)35(21-4-2-3-18(13-21)24(36)30-26-31-25(29)32-33-26)22-14-34(15-22)23(16-5-9-19(27)10-6-16)17-7-11-20(28)12-8-17/h2-13,22-23H,14-15H2,1H3,(H4,29,30,31,32,33,36). The summed E-state index contributed by atoms with van der Waals surface area (Å²) in [5.41, 5.74) is 8.18. The SMILES string of the molecule is CS(=O)(=O)N(c1cccc(C(=O)Nc2nc(N)n[nH]2)c1)C1CN(C(c2ccc(Cl)cc2)c2ccc(Cl)cc2)C1. The Morgan fingerprint density at radius 1 is 1.05 bits per heavy atom. The minimum Gasteiger partial charge on any atom is -0.366 e. The number of hydrogen-bond donors (Lipinski definition) is 3. The number of H-pyrrole nitrogens is 1. The normalized spacial score (nSPS) is 14.3. The van der Waals surface area contributed by atoms with Gasteiger partial charge >= 0.3 is 0 Å². The van der Waals surface area contributed by atoms with Crippen LogP contribution in [0, 0.1) is 0 Å². The number of carbonyl (C=O) groups excluding carboxylic acids is 1. The molecule has 1 aliphatic rings. The Morgan fingerprint density at radius 2 is 1.64 bits per heavy atom. The number of aromatic nitrogens is 3. The van der Waals surface area contributed by atoms with Crippen molar-refractivity contribution in [1.82, 2.24) is 20.1 Å². The molecule has 4 aromatic rings. The molecule has 0 atom stereocenters. The zero-order valence-electron chi connectivity index (χ0n) is 20.8. The summed E-state index contributed by atoms with van der Waals surface area (Å²) in [6, 6.07) is 21.2. The van der Waals surface area contributed by atoms with Crippen molar-refractivity contribution in [3.63, 3.8) is 0 Å². The average molecular weight is 587 g/mol. The quantitative estimate of drug-likeness (QED) is 0.282. The summed E-state index contributed by atoms with van der Waals surface area (Å²) in [7, 11) is -3.67. The number of amides is 1. The second-order valence-electron chi connectivity index (χ2n) is 9.22. The van der Waals surface area contributed by atoms with E-state index >= 15 is 0 Å². The molecule has 0 aliphatic carbocycles. The number of nitrogens with one attached hydrogen (secondary N) is 2. The molecule has 0 radical (unpaired) electrons. The monoisotopic (exact) mass is 585 g/mol. The third kappa shape index (κ3) is 6.01. The summed E-state index contributed by atoms with van der Waals surface area (Å²) in [6.45, 7) is 0.938. The van der Waals surface area contributed by atoms with Gasteiger partial charge in [-0.3, -0.25) is 19.3 Å². The number of nitrogen functional groups attached to an aromatic ring is 1. The molecule has 10 nitrogen and oxygen atoms in total. The lowest BCUT2D eigenvalue weighted by Gasteiger charge is -2.48. The van der Waals surface area contributed by atoms with E-state index in [1.54, 1.807) is 18.2 Å². The van der Waals surface area contributed by atoms with Crippen LogP contribution in [0.2, 0.25) is 10.0 Å². The van der Waals surface area contributed by atoms with Gasteiger partial charge in [0.2, 0.25) is 21.9 Å². The molecule has 202 valence electrons. The highest BCUT2D eigenvalue weighted by Gasteiger charge is 2.40. The van der Waals surface area contributed by atoms with Crippen molar-refractivity contribution in [2.45, 2.75) is 12.1 Å². The first-order valence-electron chi connectivity index (χ1n) is 11.9. The van der Waals surface area contributed by atoms with E-state index in [1.807, 2.05) is 48.5 Å². The molecule has 4 N–H and O–H groups in total. The number of nitrogens with two attached hydrogens (primary N) is 1. The number of likely N-dealkylation sites (tertiary alicyclic amines) is 1. The number of halogens is 2. The molecule has 1 aliphatic heterocycles. The van der Waals surface area contributed by atoms with E-state index in [0.29, 0.717) is 28.8 Å². The molecule has 13 heteroatoms. The first-order chi connectivity index (χ1) is 18.6. The molecule has 1 aromatic heterocycles. The summed E-state index contributed by atoms with van der Waals surface area (Å²) in [5, 5.41) is 10.0. The molecule has 0 spiro atoms. The first-order valence-corrected chi connectivity index (χ1v) is 14.5. The fourth-order valence-corrected chi connectivity index (χ4v) is 6.14. The summed E-state index contributed by atoms with van der Waals surface area (Å²) in [6.07, 6.45) is 1.16. The average Bonchev–Trinajstić information content (AvgIpc) is 3.28. The van der Waals surface area contributed by atoms with E-state index in [4.69, 9.17) is 28.9 Å². The second kappa shape index (κ2) is 10.9. The van der Waals surface area contributed by atoms with Crippen LogP contribution in [0.25, 0.3) is 0 Å². The van der Waals surface area contributed by atoms with Crippen molar-refractivity contribution >= 4 is 56.7 Å². The van der Waals surface area contributed by atoms with E-state index in [-0.39, 0.29) is 29.5 Å². The van der Waals surface area contributed by atoms with Gasteiger partial charge in [-0.25, -0.2) is 13.5 Å². The van der Waals surface area contributed by atoms with E-state index in [0.717, 1.165) is 17.4 Å². The molecular weight excluding hydrogens is 561 g/mol. The van der Waals surface area contributed by atoms with E-state index in [2.05, 4.69) is 25.4 Å². The number of hydrogen-bond acceptors (Lipinski definition) is 7. The van der Waals surface area contributed by atoms with Crippen molar-refractivity contribution < 1.29 is 13.2 Å². The van der Waals surface area contributed by atoms with Crippen LogP contribution in [0.4, 0.5) is 17.6 Å². The molecule has 0 bridgehead atoms. The molecule has 1 amide bonds. The second-order valence-corrected chi connectivity index (χ2v) is 12.0. The Hall–Kier alpha value is -3.64. The number of nitrogens with zero attached hydrogens (tertiary/aromatic N) is 4. The van der Waals surface area contributed by atoms with Crippen LogP contribution in [0.1, 0.15) is 27.5 Å². The zero-order valence-corrected chi connectivity index (χ0v) is 23.1. The zero-order chi connectivity index (χ0) is 27.7. The van der Waals surface area contributed by atoms with Gasteiger partial charge in [-0.2, -0.15) is 4.98 Å². The maximum absolute atomic E-state index is 13.0. The molecule has 1 fully saturated rings. The van der Waals surface area contributed by atoms with Crippen molar-refractivity contribution in [3.05, 3.63) is 99.5 Å². The maximum Gasteiger partial charge on any atom is 0.258 e. The summed E-state index contributed by atoms with van der Waals surface area (Å²) < 4.78 is 27.3. The number of benzene rings is 3. The predicted molar refractivity (Wildman–Crippen MR) is 153 cm³/mol. The van der Waals surface area contributed by atoms with Gasteiger partial charge in [-0.05, 0) is 53.6 Å². The van der Waals surface area contributed by atoms with Crippen LogP contribution >= 0.6 is 23.2 Å². The largest absolute Gasteiger partial charge is 0.366 e. The topological polar surface area (TPSA) is 137 Å². The van der Waals surface area contributed by atoms with Crippen LogP contribution in [0.5, 0.6) is 0 Å². The minimum atomic E-state index is -3.67. The highest BCUT2D eigenvalue weighted by Crippen LogP contribution is 2.36. The lowest BCUT2D eigenvalue weighted by atomic mass is 9.93. The van der Waals surface area contributed by atoms with Gasteiger partial charge in [-0.1, -0.05) is 53.5 Å². The molecule has 0 saturated carbocycles. The van der Waals surface area contributed by atoms with Gasteiger partial charge in [0, 0.05) is 28.7 Å². The summed E-state index contributed by atoms with van der Waals surface area (Å²) >= 11 is 12.3. The van der Waals surface area contributed by atoms with Crippen LogP contribution in [-0.2, 0) is 10.0 Å². The van der Waals surface area contributed by atoms with Crippen LogP contribution < -0.4 is 15.4 Å². The minimum absolute atomic E-state index is 0.00709. The predicted octanol–water partition coefficient (Wildman–Crippen LogP) is 4.19. The first kappa shape index (κ1) is 26.9. The molecule has 2 heterocycles. The smallest absolute Gasteiger partial charge is 0.258 e. The third-order valence-electron chi connectivity index (χ3n) is 6.41. The van der Waals surface area contributed by atoms with Crippen molar-refractivity contribution in [1.29, 1.82) is 0 Å². The molecule has 5 rings (SSSR count). The van der Waals surface area contributed by atoms with Crippen LogP contribution in [-0.4, -0.2) is 59.8 Å². The Kier molecular flexibility index (Phi) is 7.50. The van der Waals surface area contributed by atoms with Gasteiger partial charge in [0.05, 0.1) is 24.0 Å². The van der Waals surface area contributed by atoms with E-state index in [9.17, 15) is 13.2 Å². The van der Waals surface area contributed by atoms with Gasteiger partial charge in [0.25, 0.3) is 5.91 Å². The Morgan fingerprint density at radius 3 is 2.15 bits per heavy atom. The van der Waals surface area contributed by atoms with Crippen LogP contribution in [0.15, 0.2) is 72.8 Å². The molecule has 3 aromatic carbocycles.